The molecule has 0 atom stereocenters. The van der Waals surface area contributed by atoms with E-state index in [-0.39, 0.29) is 0 Å². The largest absolute Gasteiger partial charge is 0.455 e. The quantitative estimate of drug-likeness (QED) is 0.201. The lowest BCUT2D eigenvalue weighted by Crippen LogP contribution is -1.93. The maximum Gasteiger partial charge on any atom is 0.161 e. The Morgan fingerprint density at radius 1 is 0.362 bits per heavy atom. The standard InChI is InChI=1S/C44H27NO2/c1-3-13-28(14-4-1)29-25-26-40-38(27-29)35-22-11-20-33(42(35)46-40)31-17-7-8-18-32(31)34-21-12-23-37-41-44(47-43(34)37)36-19-9-10-24-39(36)45(41)30-15-5-2-6-16-30/h1-27H. The summed E-state index contributed by atoms with van der Waals surface area (Å²) in [6.07, 6.45) is 0. The summed E-state index contributed by atoms with van der Waals surface area (Å²) in [4.78, 5) is 0. The summed E-state index contributed by atoms with van der Waals surface area (Å²) in [7, 11) is 0. The van der Waals surface area contributed by atoms with Crippen LogP contribution in [0.15, 0.2) is 173 Å². The van der Waals surface area contributed by atoms with Gasteiger partial charge in [0, 0.05) is 38.4 Å². The topological polar surface area (TPSA) is 31.2 Å². The molecule has 47 heavy (non-hydrogen) atoms. The van der Waals surface area contributed by atoms with Crippen molar-refractivity contribution in [1.29, 1.82) is 0 Å². The van der Waals surface area contributed by atoms with Crippen LogP contribution in [0, 0.1) is 0 Å². The van der Waals surface area contributed by atoms with Crippen molar-refractivity contribution in [2.24, 2.45) is 0 Å². The molecule has 0 aliphatic carbocycles. The summed E-state index contributed by atoms with van der Waals surface area (Å²) in [5.74, 6) is 0. The first-order valence-corrected chi connectivity index (χ1v) is 15.9. The van der Waals surface area contributed by atoms with Gasteiger partial charge in [0.2, 0.25) is 0 Å². The summed E-state index contributed by atoms with van der Waals surface area (Å²) in [5.41, 5.74) is 13.6. The van der Waals surface area contributed by atoms with Crippen molar-refractivity contribution < 1.29 is 8.83 Å². The van der Waals surface area contributed by atoms with Gasteiger partial charge in [-0.25, -0.2) is 0 Å². The molecule has 0 aliphatic heterocycles. The van der Waals surface area contributed by atoms with Crippen molar-refractivity contribution in [2.45, 2.75) is 0 Å². The normalized spacial score (nSPS) is 11.8. The lowest BCUT2D eigenvalue weighted by atomic mass is 9.92. The van der Waals surface area contributed by atoms with Crippen molar-refractivity contribution in [2.75, 3.05) is 0 Å². The number of hydrogen-bond acceptors (Lipinski definition) is 2. The Kier molecular flexibility index (Phi) is 5.57. The van der Waals surface area contributed by atoms with Crippen molar-refractivity contribution in [1.82, 2.24) is 4.57 Å². The summed E-state index contributed by atoms with van der Waals surface area (Å²) in [6.45, 7) is 0. The molecule has 3 heteroatoms. The summed E-state index contributed by atoms with van der Waals surface area (Å²) in [6, 6.07) is 57.5. The molecule has 0 bridgehead atoms. The first kappa shape index (κ1) is 26.0. The molecular formula is C44H27NO2. The van der Waals surface area contributed by atoms with Gasteiger partial charge < -0.3 is 13.4 Å². The number of furan rings is 2. The van der Waals surface area contributed by atoms with E-state index in [2.05, 4.69) is 162 Å². The molecule has 0 spiro atoms. The Balaban J connectivity index is 1.20. The van der Waals surface area contributed by atoms with Crippen LogP contribution in [0.5, 0.6) is 0 Å². The van der Waals surface area contributed by atoms with Crippen LogP contribution in [0.2, 0.25) is 0 Å². The zero-order valence-electron chi connectivity index (χ0n) is 25.4. The number of rotatable bonds is 4. The monoisotopic (exact) mass is 601 g/mol. The van der Waals surface area contributed by atoms with Gasteiger partial charge in [0.05, 0.1) is 5.52 Å². The van der Waals surface area contributed by atoms with E-state index in [9.17, 15) is 0 Å². The van der Waals surface area contributed by atoms with Gasteiger partial charge in [-0.05, 0) is 64.7 Å². The van der Waals surface area contributed by atoms with Crippen molar-refractivity contribution in [3.63, 3.8) is 0 Å². The fraction of sp³-hybridized carbons (Fsp3) is 0. The lowest BCUT2D eigenvalue weighted by Gasteiger charge is -2.12. The van der Waals surface area contributed by atoms with E-state index in [1.807, 2.05) is 6.07 Å². The van der Waals surface area contributed by atoms with Crippen LogP contribution in [0.1, 0.15) is 0 Å². The second kappa shape index (κ2) is 10.1. The second-order valence-corrected chi connectivity index (χ2v) is 12.1. The molecule has 0 fully saturated rings. The Bertz CT molecular complexity index is 2780. The number of benzene rings is 7. The minimum Gasteiger partial charge on any atom is -0.455 e. The van der Waals surface area contributed by atoms with Crippen molar-refractivity contribution in [3.05, 3.63) is 164 Å². The highest BCUT2D eigenvalue weighted by Crippen LogP contribution is 2.45. The molecule has 3 heterocycles. The van der Waals surface area contributed by atoms with Gasteiger partial charge in [0.25, 0.3) is 0 Å². The van der Waals surface area contributed by atoms with Gasteiger partial charge >= 0.3 is 0 Å². The highest BCUT2D eigenvalue weighted by molar-refractivity contribution is 6.19. The Labute approximate surface area is 270 Å². The molecule has 0 N–H and O–H groups in total. The average molecular weight is 602 g/mol. The third kappa shape index (κ3) is 3.87. The maximum absolute atomic E-state index is 6.89. The lowest BCUT2D eigenvalue weighted by molar-refractivity contribution is 0.670. The fourth-order valence-electron chi connectivity index (χ4n) is 7.32. The number of aromatic nitrogens is 1. The molecule has 0 saturated heterocycles. The molecule has 0 saturated carbocycles. The number of hydrogen-bond donors (Lipinski definition) is 0. The molecule has 10 rings (SSSR count). The molecule has 7 aromatic carbocycles. The predicted molar refractivity (Wildman–Crippen MR) is 194 cm³/mol. The summed E-state index contributed by atoms with van der Waals surface area (Å²) >= 11 is 0. The fourth-order valence-corrected chi connectivity index (χ4v) is 7.32. The molecule has 220 valence electrons. The van der Waals surface area contributed by atoms with Gasteiger partial charge in [0.1, 0.15) is 22.3 Å². The Morgan fingerprint density at radius 2 is 0.957 bits per heavy atom. The minimum absolute atomic E-state index is 0.879. The van der Waals surface area contributed by atoms with E-state index in [1.165, 1.54) is 11.1 Å². The first-order chi connectivity index (χ1) is 23.3. The summed E-state index contributed by atoms with van der Waals surface area (Å²) in [5, 5.41) is 4.41. The van der Waals surface area contributed by atoms with Crippen molar-refractivity contribution >= 4 is 54.9 Å². The highest BCUT2D eigenvalue weighted by atomic mass is 16.3. The van der Waals surface area contributed by atoms with Crippen LogP contribution in [-0.4, -0.2) is 4.57 Å². The SMILES string of the molecule is c1ccc(-c2ccc3oc4c(-c5ccccc5-c5cccc6c5oc5c7ccccc7n(-c7ccccc7)c65)cccc4c3c2)cc1. The average Bonchev–Trinajstić information content (AvgIpc) is 3.81. The van der Waals surface area contributed by atoms with E-state index < -0.39 is 0 Å². The van der Waals surface area contributed by atoms with Gasteiger partial charge in [0.15, 0.2) is 5.58 Å². The third-order valence-corrected chi connectivity index (χ3v) is 9.43. The van der Waals surface area contributed by atoms with Gasteiger partial charge in [-0.2, -0.15) is 0 Å². The molecule has 3 nitrogen and oxygen atoms in total. The van der Waals surface area contributed by atoms with E-state index in [4.69, 9.17) is 8.83 Å². The maximum atomic E-state index is 6.89. The van der Waals surface area contributed by atoms with Crippen molar-refractivity contribution in [3.8, 4) is 39.1 Å². The van der Waals surface area contributed by atoms with E-state index >= 15 is 0 Å². The number of para-hydroxylation sites is 4. The first-order valence-electron chi connectivity index (χ1n) is 15.9. The van der Waals surface area contributed by atoms with Gasteiger partial charge in [-0.3, -0.25) is 0 Å². The predicted octanol–water partition coefficient (Wildman–Crippen LogP) is 12.4. The smallest absolute Gasteiger partial charge is 0.161 e. The molecule has 0 radical (unpaired) electrons. The highest BCUT2D eigenvalue weighted by Gasteiger charge is 2.23. The minimum atomic E-state index is 0.879. The molecule has 0 amide bonds. The van der Waals surface area contributed by atoms with Gasteiger partial charge in [-0.1, -0.05) is 121 Å². The third-order valence-electron chi connectivity index (χ3n) is 9.43. The summed E-state index contributed by atoms with van der Waals surface area (Å²) < 4.78 is 15.8. The molecule has 0 unspecified atom stereocenters. The van der Waals surface area contributed by atoms with Crippen LogP contribution in [0.4, 0.5) is 0 Å². The Hall–Kier alpha value is -6.32. The molecular weight excluding hydrogens is 574 g/mol. The number of nitrogens with zero attached hydrogens (tertiary/aromatic N) is 1. The van der Waals surface area contributed by atoms with Crippen LogP contribution in [-0.2, 0) is 0 Å². The van der Waals surface area contributed by atoms with Crippen LogP contribution >= 0.6 is 0 Å². The zero-order chi connectivity index (χ0) is 30.9. The molecule has 10 aromatic rings. The Morgan fingerprint density at radius 3 is 1.72 bits per heavy atom. The van der Waals surface area contributed by atoms with Gasteiger partial charge in [-0.15, -0.1) is 0 Å². The zero-order valence-corrected chi connectivity index (χ0v) is 25.4. The number of fused-ring (bicyclic) bond motifs is 8. The molecule has 0 aliphatic rings. The van der Waals surface area contributed by atoms with Crippen LogP contribution in [0.3, 0.4) is 0 Å². The van der Waals surface area contributed by atoms with Crippen LogP contribution in [0.25, 0.3) is 94.0 Å². The van der Waals surface area contributed by atoms with E-state index in [0.717, 1.165) is 82.9 Å². The second-order valence-electron chi connectivity index (χ2n) is 12.1. The van der Waals surface area contributed by atoms with Crippen LogP contribution < -0.4 is 0 Å². The molecule has 3 aromatic heterocycles. The van der Waals surface area contributed by atoms with E-state index in [0.29, 0.717) is 0 Å². The van der Waals surface area contributed by atoms with E-state index in [1.54, 1.807) is 0 Å².